The third-order valence-corrected chi connectivity index (χ3v) is 2.81. The van der Waals surface area contributed by atoms with E-state index in [2.05, 4.69) is 11.6 Å². The number of carbonyl (C=O) groups is 1. The molecule has 0 saturated carbocycles. The summed E-state index contributed by atoms with van der Waals surface area (Å²) < 4.78 is 5.39. The Morgan fingerprint density at radius 2 is 1.80 bits per heavy atom. The molecule has 0 radical (unpaired) electrons. The Morgan fingerprint density at radius 1 is 1.15 bits per heavy atom. The van der Waals surface area contributed by atoms with E-state index in [1.807, 2.05) is 30.3 Å². The van der Waals surface area contributed by atoms with E-state index in [4.69, 9.17) is 10.1 Å². The van der Waals surface area contributed by atoms with Gasteiger partial charge in [0.2, 0.25) is 5.39 Å². The van der Waals surface area contributed by atoms with Gasteiger partial charge in [-0.2, -0.15) is 0 Å². The summed E-state index contributed by atoms with van der Waals surface area (Å²) in [5.41, 5.74) is 1.21. The Kier molecular flexibility index (Phi) is 4.25. The molecule has 2 rings (SSSR count). The van der Waals surface area contributed by atoms with E-state index < -0.39 is 12.1 Å². The second-order valence-electron chi connectivity index (χ2n) is 4.09. The Bertz CT molecular complexity index is 660. The molecule has 4 heteroatoms. The number of hydrogen-bond acceptors (Lipinski definition) is 3. The lowest BCUT2D eigenvalue weighted by molar-refractivity contribution is 0.0393. The molecular weight excluding hydrogens is 252 g/mol. The van der Waals surface area contributed by atoms with Crippen molar-refractivity contribution in [2.24, 2.45) is 0 Å². The average Bonchev–Trinajstić information content (AvgIpc) is 2.53. The molecule has 0 aliphatic carbocycles. The van der Waals surface area contributed by atoms with E-state index in [-0.39, 0.29) is 11.3 Å². The molecule has 0 saturated heterocycles. The average molecular weight is 265 g/mol. The number of carbonyl (C=O) groups excluding carboxylic acids is 1. The quantitative estimate of drug-likeness (QED) is 0.471. The van der Waals surface area contributed by atoms with Gasteiger partial charge in [0, 0.05) is 6.07 Å². The van der Waals surface area contributed by atoms with E-state index in [0.29, 0.717) is 0 Å². The van der Waals surface area contributed by atoms with Crippen LogP contribution in [-0.4, -0.2) is 5.97 Å². The van der Waals surface area contributed by atoms with Crippen molar-refractivity contribution in [3.8, 4) is 0 Å². The summed E-state index contributed by atoms with van der Waals surface area (Å²) in [7, 11) is 0. The number of hydrogen-bond donors (Lipinski definition) is 0. The van der Waals surface area contributed by atoms with Gasteiger partial charge in [-0.15, -0.1) is 0 Å². The van der Waals surface area contributed by atoms with Gasteiger partial charge in [-0.1, -0.05) is 49.0 Å². The first-order valence-electron chi connectivity index (χ1n) is 6.09. The molecule has 2 aromatic carbocycles. The minimum atomic E-state index is -0.563. The molecule has 0 aliphatic heterocycles. The molecule has 0 N–H and O–H groups in total. The fourth-order valence-electron chi connectivity index (χ4n) is 1.81. The van der Waals surface area contributed by atoms with Crippen molar-refractivity contribution in [1.29, 1.82) is 5.39 Å². The lowest BCUT2D eigenvalue weighted by atomic mass is 10.1. The number of esters is 1. The molecule has 0 heterocycles. The van der Waals surface area contributed by atoms with E-state index in [1.54, 1.807) is 24.3 Å². The van der Waals surface area contributed by atoms with Crippen molar-refractivity contribution in [1.82, 2.24) is 0 Å². The summed E-state index contributed by atoms with van der Waals surface area (Å²) >= 11 is 0. The van der Waals surface area contributed by atoms with Crippen LogP contribution in [0.1, 0.15) is 22.0 Å². The van der Waals surface area contributed by atoms with Crippen LogP contribution >= 0.6 is 0 Å². The van der Waals surface area contributed by atoms with Gasteiger partial charge in [0.25, 0.3) is 0 Å². The minimum absolute atomic E-state index is 0.174. The van der Waals surface area contributed by atoms with E-state index >= 15 is 0 Å². The molecule has 1 unspecified atom stereocenters. The summed E-state index contributed by atoms with van der Waals surface area (Å²) in [6.07, 6.45) is 1.00. The van der Waals surface area contributed by atoms with Crippen molar-refractivity contribution in [3.05, 3.63) is 83.4 Å². The minimum Gasteiger partial charge on any atom is -0.449 e. The highest BCUT2D eigenvalue weighted by Gasteiger charge is 2.23. The number of nitrogens with zero attached hydrogens (tertiary/aromatic N) is 2. The lowest BCUT2D eigenvalue weighted by Crippen LogP contribution is -2.10. The predicted molar refractivity (Wildman–Crippen MR) is 76.0 cm³/mol. The Hall–Kier alpha value is -2.93. The van der Waals surface area contributed by atoms with Gasteiger partial charge in [-0.25, -0.2) is 4.79 Å². The number of benzene rings is 2. The Labute approximate surface area is 116 Å². The molecule has 0 aliphatic rings. The van der Waals surface area contributed by atoms with Crippen LogP contribution in [0.4, 0.5) is 5.69 Å². The zero-order valence-electron chi connectivity index (χ0n) is 10.8. The number of rotatable bonds is 4. The molecule has 0 aromatic heterocycles. The van der Waals surface area contributed by atoms with Gasteiger partial charge < -0.3 is 4.74 Å². The maximum atomic E-state index is 12.1. The standard InChI is InChI=1S/C16H13N2O2/c1-2-15(12-8-4-3-5-9-12)20-16(19)13-10-6-7-11-14(13)18-17/h2-11,15H,1H2/q+1. The molecule has 1 atom stereocenters. The summed E-state index contributed by atoms with van der Waals surface area (Å²) in [6.45, 7) is 3.68. The summed E-state index contributed by atoms with van der Waals surface area (Å²) in [5, 5.41) is 8.87. The topological polar surface area (TPSA) is 54.5 Å². The summed E-state index contributed by atoms with van der Waals surface area (Å²) in [4.78, 5) is 15.2. The van der Waals surface area contributed by atoms with Crippen LogP contribution in [0.2, 0.25) is 0 Å². The summed E-state index contributed by atoms with van der Waals surface area (Å²) in [6, 6.07) is 15.7. The largest absolute Gasteiger partial charge is 0.449 e. The summed E-state index contributed by atoms with van der Waals surface area (Å²) in [5.74, 6) is -0.563. The van der Waals surface area contributed by atoms with Gasteiger partial charge >= 0.3 is 11.7 Å². The predicted octanol–water partition coefficient (Wildman–Crippen LogP) is 4.26. The van der Waals surface area contributed by atoms with Crippen LogP contribution < -0.4 is 0 Å². The Balaban J connectivity index is 2.23. The molecule has 20 heavy (non-hydrogen) atoms. The SMILES string of the molecule is C=CC(OC(=O)c1ccccc1[N+]#N)c1ccccc1. The molecule has 0 amide bonds. The van der Waals surface area contributed by atoms with Crippen molar-refractivity contribution >= 4 is 11.7 Å². The van der Waals surface area contributed by atoms with Gasteiger partial charge in [0.05, 0.1) is 0 Å². The molecular formula is C16H13N2O2+. The smallest absolute Gasteiger partial charge is 0.399 e. The third-order valence-electron chi connectivity index (χ3n) is 2.81. The number of diazo groups is 1. The maximum absolute atomic E-state index is 12.1. The molecule has 0 fully saturated rings. The fourth-order valence-corrected chi connectivity index (χ4v) is 1.81. The van der Waals surface area contributed by atoms with Gasteiger partial charge in [-0.3, -0.25) is 0 Å². The van der Waals surface area contributed by atoms with Crippen LogP contribution in [-0.2, 0) is 4.74 Å². The van der Waals surface area contributed by atoms with Crippen LogP contribution in [0.15, 0.2) is 67.3 Å². The molecule has 0 spiro atoms. The third kappa shape index (κ3) is 2.90. The van der Waals surface area contributed by atoms with Gasteiger partial charge in [-0.05, 0) is 17.7 Å². The van der Waals surface area contributed by atoms with Crippen molar-refractivity contribution in [3.63, 3.8) is 0 Å². The first-order chi connectivity index (χ1) is 9.76. The van der Waals surface area contributed by atoms with E-state index in [0.717, 1.165) is 5.56 Å². The second kappa shape index (κ2) is 6.30. The Morgan fingerprint density at radius 3 is 2.45 bits per heavy atom. The van der Waals surface area contributed by atoms with Crippen LogP contribution in [0.3, 0.4) is 0 Å². The normalized spacial score (nSPS) is 11.2. The highest BCUT2D eigenvalue weighted by atomic mass is 16.5. The molecule has 4 nitrogen and oxygen atoms in total. The highest BCUT2D eigenvalue weighted by molar-refractivity contribution is 5.96. The van der Waals surface area contributed by atoms with Crippen LogP contribution in [0, 0.1) is 5.39 Å². The molecule has 2 aromatic rings. The zero-order valence-corrected chi connectivity index (χ0v) is 10.8. The monoisotopic (exact) mass is 265 g/mol. The van der Waals surface area contributed by atoms with Crippen molar-refractivity contribution in [2.45, 2.75) is 6.10 Å². The highest BCUT2D eigenvalue weighted by Crippen LogP contribution is 2.24. The maximum Gasteiger partial charge on any atom is 0.399 e. The van der Waals surface area contributed by atoms with Crippen LogP contribution in [0.25, 0.3) is 4.98 Å². The first kappa shape index (κ1) is 13.5. The van der Waals surface area contributed by atoms with Gasteiger partial charge in [0.1, 0.15) is 6.10 Å². The van der Waals surface area contributed by atoms with E-state index in [1.165, 1.54) is 6.07 Å². The van der Waals surface area contributed by atoms with E-state index in [9.17, 15) is 4.79 Å². The molecule has 98 valence electrons. The van der Waals surface area contributed by atoms with Crippen molar-refractivity contribution in [2.75, 3.05) is 0 Å². The lowest BCUT2D eigenvalue weighted by Gasteiger charge is -2.13. The molecule has 0 bridgehead atoms. The first-order valence-corrected chi connectivity index (χ1v) is 6.09. The fraction of sp³-hybridized carbons (Fsp3) is 0.0625. The zero-order chi connectivity index (χ0) is 14.4. The number of ether oxygens (including phenoxy) is 1. The van der Waals surface area contributed by atoms with Crippen LogP contribution in [0.5, 0.6) is 0 Å². The van der Waals surface area contributed by atoms with Crippen molar-refractivity contribution < 1.29 is 9.53 Å². The second-order valence-corrected chi connectivity index (χ2v) is 4.09. The van der Waals surface area contributed by atoms with Gasteiger partial charge in [0.15, 0.2) is 10.5 Å².